The number of hydrogen-bond acceptors (Lipinski definition) is 7. The van der Waals surface area contributed by atoms with Crippen LogP contribution in [-0.2, 0) is 24.8 Å². The Morgan fingerprint density at radius 3 is 2.14 bits per heavy atom. The van der Waals surface area contributed by atoms with Gasteiger partial charge in [-0.05, 0) is 68.8 Å². The summed E-state index contributed by atoms with van der Waals surface area (Å²) in [6.45, 7) is 4.61. The molecule has 10 nitrogen and oxygen atoms in total. The molecular formula is C22H24ClN5O5S2. The van der Waals surface area contributed by atoms with Crippen LogP contribution in [0.15, 0.2) is 53.4 Å². The van der Waals surface area contributed by atoms with Gasteiger partial charge < -0.3 is 5.32 Å². The molecule has 0 fully saturated rings. The number of aryl methyl sites for hydroxylation is 2. The molecule has 0 atom stereocenters. The van der Waals surface area contributed by atoms with E-state index in [0.717, 1.165) is 10.6 Å². The summed E-state index contributed by atoms with van der Waals surface area (Å²) in [6, 6.07) is 11.9. The van der Waals surface area contributed by atoms with Crippen LogP contribution in [0.4, 0.5) is 17.3 Å². The second-order valence-electron chi connectivity index (χ2n) is 7.81. The highest BCUT2D eigenvalue weighted by Gasteiger charge is 2.23. The number of benzene rings is 2. The molecule has 0 aliphatic heterocycles. The third-order valence-corrected chi connectivity index (χ3v) is 7.73. The molecule has 2 aromatic carbocycles. The van der Waals surface area contributed by atoms with Crippen molar-refractivity contribution in [2.45, 2.75) is 25.7 Å². The van der Waals surface area contributed by atoms with Gasteiger partial charge in [0.1, 0.15) is 6.54 Å². The summed E-state index contributed by atoms with van der Waals surface area (Å²) in [5, 5.41) is 2.94. The summed E-state index contributed by atoms with van der Waals surface area (Å²) in [5.41, 5.74) is 2.32. The van der Waals surface area contributed by atoms with Gasteiger partial charge in [0.15, 0.2) is 0 Å². The average molecular weight is 538 g/mol. The second-order valence-corrected chi connectivity index (χ2v) is 11.8. The zero-order chi connectivity index (χ0) is 26.0. The first-order valence-corrected chi connectivity index (χ1v) is 13.9. The van der Waals surface area contributed by atoms with Crippen LogP contribution in [-0.4, -0.2) is 45.5 Å². The minimum Gasteiger partial charge on any atom is -0.325 e. The molecule has 0 saturated carbocycles. The van der Waals surface area contributed by atoms with Gasteiger partial charge in [-0.15, -0.1) is 0 Å². The lowest BCUT2D eigenvalue weighted by molar-refractivity contribution is -0.114. The minimum absolute atomic E-state index is 0.0444. The lowest BCUT2D eigenvalue weighted by atomic mass is 10.2. The Labute approximate surface area is 209 Å². The first-order valence-electron chi connectivity index (χ1n) is 10.2. The van der Waals surface area contributed by atoms with Crippen LogP contribution in [0.3, 0.4) is 0 Å². The summed E-state index contributed by atoms with van der Waals surface area (Å²) in [7, 11) is -7.76. The molecule has 0 radical (unpaired) electrons. The highest BCUT2D eigenvalue weighted by atomic mass is 35.5. The number of aromatic nitrogens is 2. The van der Waals surface area contributed by atoms with Crippen molar-refractivity contribution in [3.8, 4) is 0 Å². The molecule has 1 amide bonds. The molecule has 0 bridgehead atoms. The zero-order valence-electron chi connectivity index (χ0n) is 19.4. The molecule has 3 aromatic rings. The van der Waals surface area contributed by atoms with Crippen LogP contribution in [0.2, 0.25) is 5.02 Å². The van der Waals surface area contributed by atoms with Crippen molar-refractivity contribution in [1.29, 1.82) is 0 Å². The van der Waals surface area contributed by atoms with Gasteiger partial charge >= 0.3 is 0 Å². The van der Waals surface area contributed by atoms with Crippen molar-refractivity contribution in [1.82, 2.24) is 9.97 Å². The molecule has 1 aromatic heterocycles. The van der Waals surface area contributed by atoms with Crippen LogP contribution < -0.4 is 14.3 Å². The molecule has 35 heavy (non-hydrogen) atoms. The topological polar surface area (TPSA) is 138 Å². The molecule has 1 heterocycles. The van der Waals surface area contributed by atoms with Crippen LogP contribution in [0.25, 0.3) is 0 Å². The number of nitrogens with one attached hydrogen (secondary N) is 2. The van der Waals surface area contributed by atoms with Gasteiger partial charge in [0.05, 0.1) is 16.8 Å². The zero-order valence-corrected chi connectivity index (χ0v) is 21.8. The number of nitrogens with zero attached hydrogens (tertiary/aromatic N) is 3. The highest BCUT2D eigenvalue weighted by Crippen LogP contribution is 2.28. The summed E-state index contributed by atoms with van der Waals surface area (Å²) >= 11 is 6.11. The molecular weight excluding hydrogens is 514 g/mol. The Morgan fingerprint density at radius 2 is 1.57 bits per heavy atom. The van der Waals surface area contributed by atoms with Crippen molar-refractivity contribution in [2.75, 3.05) is 27.1 Å². The minimum atomic E-state index is -3.96. The molecule has 0 aliphatic carbocycles. The fraction of sp³-hybridized carbons (Fsp3) is 0.227. The van der Waals surface area contributed by atoms with E-state index in [2.05, 4.69) is 20.0 Å². The normalized spacial score (nSPS) is 11.7. The molecule has 0 saturated heterocycles. The lowest BCUT2D eigenvalue weighted by Crippen LogP contribution is -2.37. The largest absolute Gasteiger partial charge is 0.325 e. The lowest BCUT2D eigenvalue weighted by Gasteiger charge is -2.24. The van der Waals surface area contributed by atoms with Gasteiger partial charge in [-0.25, -0.2) is 31.5 Å². The number of anilines is 3. The SMILES string of the molecule is Cc1cc(C)nc(NS(=O)(=O)c2ccc(NC(=O)CN(c3cccc(Cl)c3C)S(C)(=O)=O)cc2)n1. The third-order valence-electron chi connectivity index (χ3n) is 4.85. The van der Waals surface area contributed by atoms with E-state index in [1.54, 1.807) is 45.0 Å². The van der Waals surface area contributed by atoms with Crippen molar-refractivity contribution < 1.29 is 21.6 Å². The van der Waals surface area contributed by atoms with Gasteiger partial charge in [0, 0.05) is 22.1 Å². The number of carbonyl (C=O) groups excluding carboxylic acids is 1. The van der Waals surface area contributed by atoms with Gasteiger partial charge in [-0.2, -0.15) is 0 Å². The van der Waals surface area contributed by atoms with E-state index in [1.165, 1.54) is 24.3 Å². The Bertz CT molecular complexity index is 1460. The number of hydrogen-bond donors (Lipinski definition) is 2. The second kappa shape index (κ2) is 10.2. The van der Waals surface area contributed by atoms with Crippen molar-refractivity contribution in [2.24, 2.45) is 0 Å². The molecule has 13 heteroatoms. The molecule has 0 unspecified atom stereocenters. The fourth-order valence-corrected chi connectivity index (χ4v) is 5.27. The number of amides is 1. The first kappa shape index (κ1) is 26.4. The van der Waals surface area contributed by atoms with E-state index in [-0.39, 0.29) is 22.2 Å². The van der Waals surface area contributed by atoms with E-state index in [9.17, 15) is 21.6 Å². The van der Waals surface area contributed by atoms with Crippen LogP contribution in [0.1, 0.15) is 17.0 Å². The fourth-order valence-electron chi connectivity index (χ4n) is 3.25. The van der Waals surface area contributed by atoms with Gasteiger partial charge in [-0.3, -0.25) is 9.10 Å². The summed E-state index contributed by atoms with van der Waals surface area (Å²) in [5.74, 6) is -0.663. The maximum atomic E-state index is 12.7. The van der Waals surface area contributed by atoms with Crippen molar-refractivity contribution >= 4 is 54.9 Å². The van der Waals surface area contributed by atoms with E-state index in [0.29, 0.717) is 22.0 Å². The third kappa shape index (κ3) is 6.68. The van der Waals surface area contributed by atoms with Gasteiger partial charge in [-0.1, -0.05) is 17.7 Å². The summed E-state index contributed by atoms with van der Waals surface area (Å²) in [4.78, 5) is 20.7. The molecule has 2 N–H and O–H groups in total. The first-order chi connectivity index (χ1) is 16.3. The Kier molecular flexibility index (Phi) is 7.68. The maximum absolute atomic E-state index is 12.7. The molecule has 3 rings (SSSR count). The molecule has 186 valence electrons. The standard InChI is InChI=1S/C22H24ClN5O5S2/c1-14-12-15(2)25-22(24-14)27-35(32,33)18-10-8-17(9-11-18)26-21(29)13-28(34(4,30)31)20-7-5-6-19(23)16(20)3/h5-12H,13H2,1-4H3,(H,26,29)(H,24,25,27). The van der Waals surface area contributed by atoms with Gasteiger partial charge in [0.25, 0.3) is 10.0 Å². The maximum Gasteiger partial charge on any atom is 0.264 e. The Morgan fingerprint density at radius 1 is 0.971 bits per heavy atom. The van der Waals surface area contributed by atoms with Gasteiger partial charge in [0.2, 0.25) is 21.9 Å². The Hall–Kier alpha value is -3.22. The Balaban J connectivity index is 1.75. The summed E-state index contributed by atoms with van der Waals surface area (Å²) in [6.07, 6.45) is 0.993. The predicted octanol–water partition coefficient (Wildman–Crippen LogP) is 3.26. The average Bonchev–Trinajstić information content (AvgIpc) is 2.73. The van der Waals surface area contributed by atoms with E-state index < -0.39 is 32.5 Å². The van der Waals surface area contributed by atoms with Crippen LogP contribution >= 0.6 is 11.6 Å². The number of carbonyl (C=O) groups is 1. The van der Waals surface area contributed by atoms with Crippen LogP contribution in [0, 0.1) is 20.8 Å². The number of sulfonamides is 2. The van der Waals surface area contributed by atoms with E-state index in [4.69, 9.17) is 11.6 Å². The van der Waals surface area contributed by atoms with Crippen molar-refractivity contribution in [3.63, 3.8) is 0 Å². The van der Waals surface area contributed by atoms with E-state index >= 15 is 0 Å². The molecule has 0 spiro atoms. The van der Waals surface area contributed by atoms with E-state index in [1.807, 2.05) is 0 Å². The summed E-state index contributed by atoms with van der Waals surface area (Å²) < 4.78 is 53.3. The van der Waals surface area contributed by atoms with Crippen LogP contribution in [0.5, 0.6) is 0 Å². The molecule has 0 aliphatic rings. The smallest absolute Gasteiger partial charge is 0.264 e. The monoisotopic (exact) mass is 537 g/mol. The predicted molar refractivity (Wildman–Crippen MR) is 136 cm³/mol. The quantitative estimate of drug-likeness (QED) is 0.449. The highest BCUT2D eigenvalue weighted by molar-refractivity contribution is 7.92. The van der Waals surface area contributed by atoms with Crippen molar-refractivity contribution in [3.05, 3.63) is 70.5 Å². The number of rotatable bonds is 8. The number of halogens is 1.